The van der Waals surface area contributed by atoms with E-state index in [4.69, 9.17) is 9.47 Å². The summed E-state index contributed by atoms with van der Waals surface area (Å²) in [5, 5.41) is 0. The molecule has 3 rings (SSSR count). The molecule has 170 valence electrons. The number of aromatic nitrogens is 2. The van der Waals surface area contributed by atoms with Crippen molar-refractivity contribution in [3.05, 3.63) is 71.8 Å². The predicted molar refractivity (Wildman–Crippen MR) is 123 cm³/mol. The molecule has 1 atom stereocenters. The number of benzene rings is 2. The first-order valence-corrected chi connectivity index (χ1v) is 11.1. The van der Waals surface area contributed by atoms with Gasteiger partial charge in [-0.05, 0) is 62.9 Å². The van der Waals surface area contributed by atoms with Crippen LogP contribution in [0.3, 0.4) is 0 Å². The van der Waals surface area contributed by atoms with E-state index in [2.05, 4.69) is 16.5 Å². The van der Waals surface area contributed by atoms with Gasteiger partial charge >= 0.3 is 5.97 Å². The van der Waals surface area contributed by atoms with Crippen molar-refractivity contribution in [3.8, 4) is 17.1 Å². The first-order valence-electron chi connectivity index (χ1n) is 11.1. The van der Waals surface area contributed by atoms with E-state index in [1.807, 2.05) is 44.3 Å². The average molecular weight is 439 g/mol. The standard InChI is InChI=1S/C26H31FN2O3/c1-4-31-25(30)16-19(2)8-7-15-32-24-10-6-5-9-22(24)18-29-20(3)17-28-26(29)21-11-13-23(27)14-12-21/h5-6,9-14,17,19H,4,7-8,15-16,18H2,1-3H3. The van der Waals surface area contributed by atoms with Crippen molar-refractivity contribution in [2.75, 3.05) is 13.2 Å². The van der Waals surface area contributed by atoms with Crippen molar-refractivity contribution in [3.63, 3.8) is 0 Å². The van der Waals surface area contributed by atoms with Crippen LogP contribution >= 0.6 is 0 Å². The summed E-state index contributed by atoms with van der Waals surface area (Å²) in [4.78, 5) is 16.1. The van der Waals surface area contributed by atoms with Gasteiger partial charge in [0.05, 0.1) is 19.8 Å². The van der Waals surface area contributed by atoms with Gasteiger partial charge in [0.2, 0.25) is 0 Å². The number of ether oxygens (including phenoxy) is 2. The molecule has 1 heterocycles. The summed E-state index contributed by atoms with van der Waals surface area (Å²) in [7, 11) is 0. The fraction of sp³-hybridized carbons (Fsp3) is 0.385. The first kappa shape index (κ1) is 23.5. The Morgan fingerprint density at radius 3 is 2.66 bits per heavy atom. The second-order valence-electron chi connectivity index (χ2n) is 8.03. The molecule has 3 aromatic rings. The second-order valence-corrected chi connectivity index (χ2v) is 8.03. The van der Waals surface area contributed by atoms with E-state index in [0.717, 1.165) is 41.2 Å². The quantitative estimate of drug-likeness (QED) is 0.281. The van der Waals surface area contributed by atoms with Gasteiger partial charge in [-0.2, -0.15) is 0 Å². The Morgan fingerprint density at radius 1 is 1.16 bits per heavy atom. The number of aryl methyl sites for hydroxylation is 1. The van der Waals surface area contributed by atoms with Crippen LogP contribution < -0.4 is 4.74 Å². The minimum atomic E-state index is -0.265. The van der Waals surface area contributed by atoms with Gasteiger partial charge in [0.15, 0.2) is 0 Å². The molecule has 0 radical (unpaired) electrons. The van der Waals surface area contributed by atoms with Crippen molar-refractivity contribution in [1.29, 1.82) is 0 Å². The predicted octanol–water partition coefficient (Wildman–Crippen LogP) is 5.79. The van der Waals surface area contributed by atoms with E-state index in [9.17, 15) is 9.18 Å². The summed E-state index contributed by atoms with van der Waals surface area (Å²) in [6.45, 7) is 7.50. The number of rotatable bonds is 11. The van der Waals surface area contributed by atoms with E-state index < -0.39 is 0 Å². The molecule has 0 bridgehead atoms. The van der Waals surface area contributed by atoms with Crippen LogP contribution in [0.4, 0.5) is 4.39 Å². The van der Waals surface area contributed by atoms with E-state index >= 15 is 0 Å². The van der Waals surface area contributed by atoms with E-state index in [1.165, 1.54) is 12.1 Å². The van der Waals surface area contributed by atoms with Crippen molar-refractivity contribution >= 4 is 5.97 Å². The monoisotopic (exact) mass is 438 g/mol. The fourth-order valence-electron chi connectivity index (χ4n) is 3.66. The summed E-state index contributed by atoms with van der Waals surface area (Å²) in [5.74, 6) is 1.49. The van der Waals surface area contributed by atoms with Crippen molar-refractivity contribution in [2.24, 2.45) is 5.92 Å². The zero-order valence-corrected chi connectivity index (χ0v) is 19.0. The van der Waals surface area contributed by atoms with Gasteiger partial charge in [0, 0.05) is 29.4 Å². The summed E-state index contributed by atoms with van der Waals surface area (Å²) in [6.07, 6.45) is 4.03. The van der Waals surface area contributed by atoms with Gasteiger partial charge in [0.1, 0.15) is 17.4 Å². The molecule has 5 nitrogen and oxygen atoms in total. The van der Waals surface area contributed by atoms with E-state index in [0.29, 0.717) is 26.2 Å². The number of esters is 1. The summed E-state index contributed by atoms with van der Waals surface area (Å²) < 4.78 is 26.5. The molecule has 0 aliphatic carbocycles. The Hall–Kier alpha value is -3.15. The lowest BCUT2D eigenvalue weighted by Crippen LogP contribution is -2.11. The largest absolute Gasteiger partial charge is 0.493 e. The van der Waals surface area contributed by atoms with Crippen molar-refractivity contribution in [2.45, 2.75) is 46.6 Å². The molecule has 6 heteroatoms. The number of hydrogen-bond donors (Lipinski definition) is 0. The second kappa shape index (κ2) is 11.5. The maximum Gasteiger partial charge on any atom is 0.306 e. The van der Waals surface area contributed by atoms with Gasteiger partial charge in [-0.15, -0.1) is 0 Å². The molecule has 0 amide bonds. The third-order valence-corrected chi connectivity index (χ3v) is 5.38. The molecular weight excluding hydrogens is 407 g/mol. The average Bonchev–Trinajstić information content (AvgIpc) is 3.13. The van der Waals surface area contributed by atoms with Crippen LogP contribution in [0.15, 0.2) is 54.7 Å². The molecule has 0 saturated carbocycles. The van der Waals surface area contributed by atoms with Crippen LogP contribution in [0.25, 0.3) is 11.4 Å². The van der Waals surface area contributed by atoms with E-state index in [1.54, 1.807) is 12.1 Å². The minimum absolute atomic E-state index is 0.140. The SMILES string of the molecule is CCOC(=O)CC(C)CCCOc1ccccc1Cn1c(C)cnc1-c1ccc(F)cc1. The number of imidazole rings is 1. The first-order chi connectivity index (χ1) is 15.5. The van der Waals surface area contributed by atoms with Crippen LogP contribution in [0.2, 0.25) is 0 Å². The topological polar surface area (TPSA) is 53.4 Å². The number of carbonyl (C=O) groups is 1. The highest BCUT2D eigenvalue weighted by Gasteiger charge is 2.13. The molecule has 0 spiro atoms. The zero-order valence-electron chi connectivity index (χ0n) is 19.0. The Morgan fingerprint density at radius 2 is 1.91 bits per heavy atom. The molecule has 0 saturated heterocycles. The smallest absolute Gasteiger partial charge is 0.306 e. The Labute approximate surface area is 189 Å². The Balaban J connectivity index is 1.62. The van der Waals surface area contributed by atoms with Gasteiger partial charge in [-0.3, -0.25) is 4.79 Å². The van der Waals surface area contributed by atoms with Crippen LogP contribution in [-0.4, -0.2) is 28.7 Å². The number of nitrogens with zero attached hydrogens (tertiary/aromatic N) is 2. The maximum absolute atomic E-state index is 13.3. The van der Waals surface area contributed by atoms with Crippen LogP contribution in [-0.2, 0) is 16.1 Å². The van der Waals surface area contributed by atoms with Crippen molar-refractivity contribution < 1.29 is 18.7 Å². The van der Waals surface area contributed by atoms with Crippen LogP contribution in [0.5, 0.6) is 5.75 Å². The lowest BCUT2D eigenvalue weighted by Gasteiger charge is -2.16. The van der Waals surface area contributed by atoms with E-state index in [-0.39, 0.29) is 17.7 Å². The molecule has 32 heavy (non-hydrogen) atoms. The highest BCUT2D eigenvalue weighted by atomic mass is 19.1. The number of carbonyl (C=O) groups excluding carboxylic acids is 1. The molecule has 1 unspecified atom stereocenters. The third kappa shape index (κ3) is 6.42. The molecule has 2 aromatic carbocycles. The highest BCUT2D eigenvalue weighted by Crippen LogP contribution is 2.25. The summed E-state index contributed by atoms with van der Waals surface area (Å²) in [5.41, 5.74) is 2.94. The lowest BCUT2D eigenvalue weighted by atomic mass is 10.0. The van der Waals surface area contributed by atoms with Crippen LogP contribution in [0.1, 0.15) is 44.4 Å². The molecule has 1 aromatic heterocycles. The number of para-hydroxylation sites is 1. The number of hydrogen-bond acceptors (Lipinski definition) is 4. The Kier molecular flexibility index (Phi) is 8.42. The molecule has 0 aliphatic rings. The van der Waals surface area contributed by atoms with Gasteiger partial charge in [-0.25, -0.2) is 9.37 Å². The third-order valence-electron chi connectivity index (χ3n) is 5.38. The van der Waals surface area contributed by atoms with Crippen molar-refractivity contribution in [1.82, 2.24) is 9.55 Å². The molecule has 0 aliphatic heterocycles. The normalized spacial score (nSPS) is 11.9. The lowest BCUT2D eigenvalue weighted by molar-refractivity contribution is -0.144. The molecule has 0 fully saturated rings. The van der Waals surface area contributed by atoms with Gasteiger partial charge in [-0.1, -0.05) is 25.1 Å². The molecule has 0 N–H and O–H groups in total. The highest BCUT2D eigenvalue weighted by molar-refractivity contribution is 5.69. The Bertz CT molecular complexity index is 1010. The minimum Gasteiger partial charge on any atom is -0.493 e. The summed E-state index contributed by atoms with van der Waals surface area (Å²) in [6, 6.07) is 14.4. The fourth-order valence-corrected chi connectivity index (χ4v) is 3.66. The summed E-state index contributed by atoms with van der Waals surface area (Å²) >= 11 is 0. The maximum atomic E-state index is 13.3. The zero-order chi connectivity index (χ0) is 22.9. The van der Waals surface area contributed by atoms with Gasteiger partial charge in [0.25, 0.3) is 0 Å². The van der Waals surface area contributed by atoms with Gasteiger partial charge < -0.3 is 14.0 Å². The number of halogens is 1. The van der Waals surface area contributed by atoms with Crippen LogP contribution in [0, 0.1) is 18.7 Å². The molecular formula is C26H31FN2O3.